The highest BCUT2D eigenvalue weighted by Crippen LogP contribution is 2.18. The SMILES string of the molecule is COc1ccc(C(=O)OCC(=O)NC(=O)NC2CCCC2)cc1F. The maximum atomic E-state index is 13.5. The number of urea groups is 1. The number of benzene rings is 1. The number of ether oxygens (including phenoxy) is 2. The largest absolute Gasteiger partial charge is 0.494 e. The Morgan fingerprint density at radius 2 is 1.96 bits per heavy atom. The molecular weight excluding hydrogens is 319 g/mol. The molecule has 8 heteroatoms. The monoisotopic (exact) mass is 338 g/mol. The summed E-state index contributed by atoms with van der Waals surface area (Å²) in [6.07, 6.45) is 3.88. The second kappa shape index (κ2) is 8.28. The third-order valence-corrected chi connectivity index (χ3v) is 3.67. The number of hydrogen-bond acceptors (Lipinski definition) is 5. The summed E-state index contributed by atoms with van der Waals surface area (Å²) < 4.78 is 23.0. The van der Waals surface area contributed by atoms with Gasteiger partial charge >= 0.3 is 12.0 Å². The fraction of sp³-hybridized carbons (Fsp3) is 0.438. The molecule has 0 spiro atoms. The van der Waals surface area contributed by atoms with Crippen LogP contribution in [0.3, 0.4) is 0 Å². The summed E-state index contributed by atoms with van der Waals surface area (Å²) >= 11 is 0. The molecule has 0 heterocycles. The van der Waals surface area contributed by atoms with E-state index >= 15 is 0 Å². The van der Waals surface area contributed by atoms with Gasteiger partial charge in [0.2, 0.25) is 0 Å². The van der Waals surface area contributed by atoms with E-state index in [1.54, 1.807) is 0 Å². The van der Waals surface area contributed by atoms with Gasteiger partial charge in [-0.3, -0.25) is 10.1 Å². The average molecular weight is 338 g/mol. The van der Waals surface area contributed by atoms with Crippen LogP contribution in [-0.2, 0) is 9.53 Å². The maximum Gasteiger partial charge on any atom is 0.338 e. The van der Waals surface area contributed by atoms with Gasteiger partial charge < -0.3 is 14.8 Å². The quantitative estimate of drug-likeness (QED) is 0.798. The Hall–Kier alpha value is -2.64. The Kier molecular flexibility index (Phi) is 6.11. The number of carbonyl (C=O) groups is 3. The lowest BCUT2D eigenvalue weighted by Crippen LogP contribution is -2.44. The molecule has 2 rings (SSSR count). The number of methoxy groups -OCH3 is 1. The minimum absolute atomic E-state index is 0.00660. The fourth-order valence-corrected chi connectivity index (χ4v) is 2.46. The molecule has 0 saturated heterocycles. The molecular formula is C16H19FN2O5. The number of rotatable bonds is 5. The van der Waals surface area contributed by atoms with Gasteiger partial charge in [-0.05, 0) is 31.0 Å². The summed E-state index contributed by atoms with van der Waals surface area (Å²) in [5, 5.41) is 4.76. The van der Waals surface area contributed by atoms with Crippen LogP contribution in [0.1, 0.15) is 36.0 Å². The van der Waals surface area contributed by atoms with Crippen molar-refractivity contribution in [1.29, 1.82) is 0 Å². The van der Waals surface area contributed by atoms with Crippen molar-refractivity contribution in [3.8, 4) is 5.75 Å². The minimum atomic E-state index is -0.872. The maximum absolute atomic E-state index is 13.5. The molecule has 1 aromatic carbocycles. The molecule has 2 N–H and O–H groups in total. The number of hydrogen-bond donors (Lipinski definition) is 2. The highest BCUT2D eigenvalue weighted by Gasteiger charge is 2.19. The van der Waals surface area contributed by atoms with Gasteiger partial charge in [-0.15, -0.1) is 0 Å². The third-order valence-electron chi connectivity index (χ3n) is 3.67. The molecule has 0 unspecified atom stereocenters. The molecule has 0 aromatic heterocycles. The van der Waals surface area contributed by atoms with E-state index in [1.807, 2.05) is 0 Å². The lowest BCUT2D eigenvalue weighted by Gasteiger charge is -2.12. The van der Waals surface area contributed by atoms with Crippen molar-refractivity contribution < 1.29 is 28.2 Å². The lowest BCUT2D eigenvalue weighted by atomic mass is 10.2. The fourth-order valence-electron chi connectivity index (χ4n) is 2.46. The van der Waals surface area contributed by atoms with Crippen LogP contribution in [0, 0.1) is 5.82 Å². The highest BCUT2D eigenvalue weighted by molar-refractivity contribution is 5.97. The molecule has 0 atom stereocenters. The average Bonchev–Trinajstić information content (AvgIpc) is 3.05. The van der Waals surface area contributed by atoms with Gasteiger partial charge in [-0.25, -0.2) is 14.0 Å². The van der Waals surface area contributed by atoms with E-state index in [4.69, 9.17) is 9.47 Å². The Morgan fingerprint density at radius 1 is 1.25 bits per heavy atom. The van der Waals surface area contributed by atoms with E-state index < -0.39 is 30.3 Å². The standard InChI is InChI=1S/C16H19FN2O5/c1-23-13-7-6-10(8-12(13)17)15(21)24-9-14(20)19-16(22)18-11-4-2-3-5-11/h6-8,11H,2-5,9H2,1H3,(H2,18,19,20,22). The molecule has 0 aliphatic heterocycles. The third kappa shape index (κ3) is 4.94. The Bertz CT molecular complexity index is 629. The van der Waals surface area contributed by atoms with Gasteiger partial charge in [0.25, 0.3) is 5.91 Å². The number of carbonyl (C=O) groups excluding carboxylic acids is 3. The van der Waals surface area contributed by atoms with Crippen molar-refractivity contribution in [3.05, 3.63) is 29.6 Å². The molecule has 0 radical (unpaired) electrons. The molecule has 130 valence electrons. The summed E-state index contributed by atoms with van der Waals surface area (Å²) in [4.78, 5) is 34.9. The predicted molar refractivity (Wildman–Crippen MR) is 82.2 cm³/mol. The van der Waals surface area contributed by atoms with Crippen LogP contribution in [0.4, 0.5) is 9.18 Å². The number of esters is 1. The van der Waals surface area contributed by atoms with Gasteiger partial charge in [-0.1, -0.05) is 12.8 Å². The molecule has 7 nitrogen and oxygen atoms in total. The second-order valence-electron chi connectivity index (χ2n) is 5.43. The van der Waals surface area contributed by atoms with Crippen LogP contribution in [0.15, 0.2) is 18.2 Å². The van der Waals surface area contributed by atoms with Crippen molar-refractivity contribution in [2.24, 2.45) is 0 Å². The minimum Gasteiger partial charge on any atom is -0.494 e. The number of imide groups is 1. The smallest absolute Gasteiger partial charge is 0.338 e. The Labute approximate surface area is 138 Å². The Morgan fingerprint density at radius 3 is 2.58 bits per heavy atom. The van der Waals surface area contributed by atoms with Crippen molar-refractivity contribution in [2.45, 2.75) is 31.7 Å². The molecule has 3 amide bonds. The highest BCUT2D eigenvalue weighted by atomic mass is 19.1. The zero-order valence-electron chi connectivity index (χ0n) is 13.3. The van der Waals surface area contributed by atoms with E-state index in [1.165, 1.54) is 19.2 Å². The van der Waals surface area contributed by atoms with E-state index in [2.05, 4.69) is 10.6 Å². The van der Waals surface area contributed by atoms with E-state index in [0.29, 0.717) is 0 Å². The number of amides is 3. The van der Waals surface area contributed by atoms with Crippen LogP contribution in [0.25, 0.3) is 0 Å². The van der Waals surface area contributed by atoms with Crippen molar-refractivity contribution >= 4 is 17.9 Å². The lowest BCUT2D eigenvalue weighted by molar-refractivity contribution is -0.123. The van der Waals surface area contributed by atoms with Gasteiger partial charge in [0.1, 0.15) is 0 Å². The normalized spacial score (nSPS) is 14.1. The molecule has 0 bridgehead atoms. The van der Waals surface area contributed by atoms with Crippen LogP contribution in [0.2, 0.25) is 0 Å². The molecule has 24 heavy (non-hydrogen) atoms. The van der Waals surface area contributed by atoms with Crippen LogP contribution in [0.5, 0.6) is 5.75 Å². The summed E-state index contributed by atoms with van der Waals surface area (Å²) in [5.41, 5.74) is -0.0588. The summed E-state index contributed by atoms with van der Waals surface area (Å²) in [5.74, 6) is -2.35. The van der Waals surface area contributed by atoms with Gasteiger partial charge in [0.15, 0.2) is 18.2 Å². The second-order valence-corrected chi connectivity index (χ2v) is 5.43. The van der Waals surface area contributed by atoms with Crippen LogP contribution < -0.4 is 15.4 Å². The molecule has 1 aliphatic rings. The first-order chi connectivity index (χ1) is 11.5. The first-order valence-electron chi connectivity index (χ1n) is 7.60. The summed E-state index contributed by atoms with van der Waals surface area (Å²) in [7, 11) is 1.30. The van der Waals surface area contributed by atoms with Crippen molar-refractivity contribution in [3.63, 3.8) is 0 Å². The zero-order valence-corrected chi connectivity index (χ0v) is 13.3. The van der Waals surface area contributed by atoms with Crippen molar-refractivity contribution in [1.82, 2.24) is 10.6 Å². The number of nitrogens with one attached hydrogen (secondary N) is 2. The first kappa shape index (κ1) is 17.7. The molecule has 1 aromatic rings. The van der Waals surface area contributed by atoms with Gasteiger partial charge in [0, 0.05) is 6.04 Å². The molecule has 1 saturated carbocycles. The summed E-state index contributed by atoms with van der Waals surface area (Å²) in [6.45, 7) is -0.634. The van der Waals surface area contributed by atoms with E-state index in [0.717, 1.165) is 31.7 Å². The van der Waals surface area contributed by atoms with Gasteiger partial charge in [0.05, 0.1) is 12.7 Å². The topological polar surface area (TPSA) is 93.7 Å². The summed E-state index contributed by atoms with van der Waals surface area (Å²) in [6, 6.07) is 3.00. The van der Waals surface area contributed by atoms with E-state index in [-0.39, 0.29) is 17.4 Å². The van der Waals surface area contributed by atoms with Crippen LogP contribution >= 0.6 is 0 Å². The molecule has 1 aliphatic carbocycles. The predicted octanol–water partition coefficient (Wildman–Crippen LogP) is 1.76. The van der Waals surface area contributed by atoms with Gasteiger partial charge in [-0.2, -0.15) is 0 Å². The Balaban J connectivity index is 1.77. The van der Waals surface area contributed by atoms with E-state index in [9.17, 15) is 18.8 Å². The van der Waals surface area contributed by atoms with Crippen LogP contribution in [-0.4, -0.2) is 37.7 Å². The first-order valence-corrected chi connectivity index (χ1v) is 7.60. The molecule has 1 fully saturated rings. The number of halogens is 1. The van der Waals surface area contributed by atoms with Crippen molar-refractivity contribution in [2.75, 3.05) is 13.7 Å². The zero-order chi connectivity index (χ0) is 17.5.